The van der Waals surface area contributed by atoms with Gasteiger partial charge in [-0.05, 0) is 18.8 Å². The molecule has 1 aliphatic rings. The molecule has 3 nitrogen and oxygen atoms in total. The number of ketones is 1. The second-order valence-corrected chi connectivity index (χ2v) is 3.90. The van der Waals surface area contributed by atoms with Crippen LogP contribution in [0.15, 0.2) is 6.20 Å². The summed E-state index contributed by atoms with van der Waals surface area (Å²) in [6.07, 6.45) is 4.46. The van der Waals surface area contributed by atoms with E-state index >= 15 is 0 Å². The minimum Gasteiger partial charge on any atom is -0.294 e. The second-order valence-electron chi connectivity index (χ2n) is 3.90. The van der Waals surface area contributed by atoms with Gasteiger partial charge in [-0.2, -0.15) is 5.10 Å². The van der Waals surface area contributed by atoms with Gasteiger partial charge in [0.25, 0.3) is 0 Å². The zero-order valence-electron chi connectivity index (χ0n) is 8.08. The standard InChI is InChI=1S/C10H14N2O/c1-7-3-4-9-8(10(13)5-7)6-11-12(9)2/h6-7H,3-5H2,1-2H3/t7-/m0/s1. The van der Waals surface area contributed by atoms with Gasteiger partial charge in [-0.25, -0.2) is 0 Å². The topological polar surface area (TPSA) is 34.9 Å². The van der Waals surface area contributed by atoms with E-state index < -0.39 is 0 Å². The van der Waals surface area contributed by atoms with E-state index in [1.807, 2.05) is 11.7 Å². The molecule has 0 aliphatic heterocycles. The van der Waals surface area contributed by atoms with Crippen LogP contribution in [-0.4, -0.2) is 15.6 Å². The molecule has 1 atom stereocenters. The Kier molecular flexibility index (Phi) is 1.94. The van der Waals surface area contributed by atoms with Crippen molar-refractivity contribution in [2.75, 3.05) is 0 Å². The third-order valence-electron chi connectivity index (χ3n) is 2.77. The van der Waals surface area contributed by atoms with E-state index in [0.717, 1.165) is 24.1 Å². The van der Waals surface area contributed by atoms with E-state index in [1.54, 1.807) is 6.20 Å². The Morgan fingerprint density at radius 2 is 2.38 bits per heavy atom. The highest BCUT2D eigenvalue weighted by molar-refractivity contribution is 5.97. The van der Waals surface area contributed by atoms with Crippen molar-refractivity contribution < 1.29 is 4.79 Å². The zero-order valence-corrected chi connectivity index (χ0v) is 8.08. The van der Waals surface area contributed by atoms with E-state index in [0.29, 0.717) is 12.3 Å². The molecule has 3 heteroatoms. The molecule has 0 saturated carbocycles. The van der Waals surface area contributed by atoms with Gasteiger partial charge >= 0.3 is 0 Å². The smallest absolute Gasteiger partial charge is 0.166 e. The molecule has 0 bridgehead atoms. The molecule has 1 aromatic rings. The van der Waals surface area contributed by atoms with Crippen molar-refractivity contribution in [1.29, 1.82) is 0 Å². The van der Waals surface area contributed by atoms with Crippen LogP contribution in [0.25, 0.3) is 0 Å². The van der Waals surface area contributed by atoms with Gasteiger partial charge in [-0.3, -0.25) is 9.48 Å². The largest absolute Gasteiger partial charge is 0.294 e. The molecule has 1 heterocycles. The predicted octanol–water partition coefficient (Wildman–Crippen LogP) is 1.58. The number of hydrogen-bond acceptors (Lipinski definition) is 2. The zero-order chi connectivity index (χ0) is 9.42. The quantitative estimate of drug-likeness (QED) is 0.565. The fourth-order valence-corrected chi connectivity index (χ4v) is 1.90. The number of carbonyl (C=O) groups is 1. The van der Waals surface area contributed by atoms with Gasteiger partial charge in [-0.15, -0.1) is 0 Å². The number of aromatic nitrogens is 2. The Balaban J connectivity index is 2.42. The van der Waals surface area contributed by atoms with Gasteiger partial charge in [-0.1, -0.05) is 6.92 Å². The van der Waals surface area contributed by atoms with Crippen molar-refractivity contribution in [2.45, 2.75) is 26.2 Å². The molecular weight excluding hydrogens is 164 g/mol. The van der Waals surface area contributed by atoms with Crippen molar-refractivity contribution in [3.63, 3.8) is 0 Å². The minimum absolute atomic E-state index is 0.258. The van der Waals surface area contributed by atoms with Crippen LogP contribution in [0.4, 0.5) is 0 Å². The first-order valence-electron chi connectivity index (χ1n) is 4.72. The fraction of sp³-hybridized carbons (Fsp3) is 0.600. The minimum atomic E-state index is 0.258. The predicted molar refractivity (Wildman–Crippen MR) is 49.6 cm³/mol. The van der Waals surface area contributed by atoms with Crippen LogP contribution in [0, 0.1) is 5.92 Å². The number of rotatable bonds is 0. The van der Waals surface area contributed by atoms with E-state index in [1.165, 1.54) is 0 Å². The molecule has 13 heavy (non-hydrogen) atoms. The van der Waals surface area contributed by atoms with Crippen molar-refractivity contribution in [3.8, 4) is 0 Å². The molecule has 0 saturated heterocycles. The summed E-state index contributed by atoms with van der Waals surface area (Å²) in [5.74, 6) is 0.771. The highest BCUT2D eigenvalue weighted by Gasteiger charge is 2.22. The third kappa shape index (κ3) is 1.39. The molecule has 0 fully saturated rings. The van der Waals surface area contributed by atoms with E-state index in [9.17, 15) is 4.79 Å². The first-order chi connectivity index (χ1) is 6.18. The molecule has 0 N–H and O–H groups in total. The van der Waals surface area contributed by atoms with Crippen molar-refractivity contribution in [3.05, 3.63) is 17.5 Å². The number of Topliss-reactive ketones (excluding diaryl/α,β-unsaturated/α-hetero) is 1. The van der Waals surface area contributed by atoms with Crippen LogP contribution in [0.2, 0.25) is 0 Å². The Morgan fingerprint density at radius 3 is 3.15 bits per heavy atom. The Hall–Kier alpha value is -1.12. The second kappa shape index (κ2) is 2.98. The molecule has 0 spiro atoms. The number of aryl methyl sites for hydroxylation is 1. The Labute approximate surface area is 77.7 Å². The van der Waals surface area contributed by atoms with Crippen LogP contribution in [0.5, 0.6) is 0 Å². The molecule has 1 aliphatic carbocycles. The van der Waals surface area contributed by atoms with Gasteiger partial charge in [0, 0.05) is 19.2 Å². The lowest BCUT2D eigenvalue weighted by atomic mass is 10.0. The summed E-state index contributed by atoms with van der Waals surface area (Å²) >= 11 is 0. The average molecular weight is 178 g/mol. The van der Waals surface area contributed by atoms with Gasteiger partial charge in [0.1, 0.15) is 0 Å². The lowest BCUT2D eigenvalue weighted by Crippen LogP contribution is -2.02. The molecule has 0 radical (unpaired) electrons. The molecule has 1 aromatic heterocycles. The first-order valence-corrected chi connectivity index (χ1v) is 4.72. The number of hydrogen-bond donors (Lipinski definition) is 0. The molecule has 0 unspecified atom stereocenters. The molecular formula is C10H14N2O. The summed E-state index contributed by atoms with van der Waals surface area (Å²) in [6.45, 7) is 2.14. The maximum absolute atomic E-state index is 11.7. The summed E-state index contributed by atoms with van der Waals surface area (Å²) < 4.78 is 1.82. The summed E-state index contributed by atoms with van der Waals surface area (Å²) in [5.41, 5.74) is 1.95. The summed E-state index contributed by atoms with van der Waals surface area (Å²) in [6, 6.07) is 0. The van der Waals surface area contributed by atoms with Gasteiger partial charge < -0.3 is 0 Å². The van der Waals surface area contributed by atoms with Crippen molar-refractivity contribution >= 4 is 5.78 Å². The lowest BCUT2D eigenvalue weighted by molar-refractivity contribution is 0.0967. The van der Waals surface area contributed by atoms with Crippen molar-refractivity contribution in [1.82, 2.24) is 9.78 Å². The van der Waals surface area contributed by atoms with E-state index in [-0.39, 0.29) is 5.78 Å². The molecule has 70 valence electrons. The highest BCUT2D eigenvalue weighted by atomic mass is 16.1. The van der Waals surface area contributed by atoms with Gasteiger partial charge in [0.05, 0.1) is 11.8 Å². The number of carbonyl (C=O) groups excluding carboxylic acids is 1. The third-order valence-corrected chi connectivity index (χ3v) is 2.77. The van der Waals surface area contributed by atoms with Crippen LogP contribution in [0.1, 0.15) is 35.8 Å². The van der Waals surface area contributed by atoms with Crippen molar-refractivity contribution in [2.24, 2.45) is 13.0 Å². The number of nitrogens with zero attached hydrogens (tertiary/aromatic N) is 2. The Morgan fingerprint density at radius 1 is 1.62 bits per heavy atom. The normalized spacial score (nSPS) is 22.6. The molecule has 2 rings (SSSR count). The van der Waals surface area contributed by atoms with Gasteiger partial charge in [0.15, 0.2) is 5.78 Å². The maximum atomic E-state index is 11.7. The Bertz CT molecular complexity index is 341. The van der Waals surface area contributed by atoms with E-state index in [2.05, 4.69) is 12.0 Å². The van der Waals surface area contributed by atoms with Gasteiger partial charge in [0.2, 0.25) is 0 Å². The average Bonchev–Trinajstić information content (AvgIpc) is 2.36. The van der Waals surface area contributed by atoms with Crippen LogP contribution >= 0.6 is 0 Å². The fourth-order valence-electron chi connectivity index (χ4n) is 1.90. The molecule has 0 aromatic carbocycles. The lowest BCUT2D eigenvalue weighted by Gasteiger charge is -2.03. The van der Waals surface area contributed by atoms with Crippen LogP contribution in [-0.2, 0) is 13.5 Å². The number of fused-ring (bicyclic) bond motifs is 1. The first kappa shape index (κ1) is 8.48. The SMILES string of the molecule is C[C@H]1CCc2c(cnn2C)C(=O)C1. The van der Waals surface area contributed by atoms with Crippen LogP contribution < -0.4 is 0 Å². The summed E-state index contributed by atoms with van der Waals surface area (Å²) in [5, 5.41) is 4.11. The summed E-state index contributed by atoms with van der Waals surface area (Å²) in [7, 11) is 1.90. The molecule has 0 amide bonds. The van der Waals surface area contributed by atoms with E-state index in [4.69, 9.17) is 0 Å². The maximum Gasteiger partial charge on any atom is 0.166 e. The monoisotopic (exact) mass is 178 g/mol. The summed E-state index contributed by atoms with van der Waals surface area (Å²) in [4.78, 5) is 11.7. The van der Waals surface area contributed by atoms with Crippen LogP contribution in [0.3, 0.4) is 0 Å². The highest BCUT2D eigenvalue weighted by Crippen LogP contribution is 2.23.